The van der Waals surface area contributed by atoms with Crippen LogP contribution in [-0.4, -0.2) is 56.2 Å². The zero-order chi connectivity index (χ0) is 23.4. The zero-order valence-corrected chi connectivity index (χ0v) is 20.3. The van der Waals surface area contributed by atoms with E-state index in [-0.39, 0.29) is 5.91 Å². The maximum absolute atomic E-state index is 13.8. The van der Waals surface area contributed by atoms with E-state index in [4.69, 9.17) is 14.5 Å². The maximum Gasteiger partial charge on any atom is 0.260 e. The molecule has 0 saturated heterocycles. The summed E-state index contributed by atoms with van der Waals surface area (Å²) in [5.74, 6) is 1.32. The van der Waals surface area contributed by atoms with E-state index >= 15 is 0 Å². The van der Waals surface area contributed by atoms with E-state index in [1.807, 2.05) is 54.6 Å². The number of thiazole rings is 1. The first-order valence-corrected chi connectivity index (χ1v) is 12.0. The fraction of sp³-hybridized carbons (Fsp3) is 0.308. The van der Waals surface area contributed by atoms with Gasteiger partial charge in [0.2, 0.25) is 0 Å². The van der Waals surface area contributed by atoms with Crippen LogP contribution in [0.1, 0.15) is 24.2 Å². The molecule has 172 valence electrons. The number of hydrogen-bond donors (Lipinski definition) is 0. The average molecular weight is 464 g/mol. The van der Waals surface area contributed by atoms with Gasteiger partial charge in [0, 0.05) is 18.7 Å². The predicted octanol–water partition coefficient (Wildman–Crippen LogP) is 5.46. The molecule has 7 heteroatoms. The van der Waals surface area contributed by atoms with Crippen molar-refractivity contribution in [2.45, 2.75) is 13.8 Å². The van der Waals surface area contributed by atoms with E-state index in [1.54, 1.807) is 19.1 Å². The van der Waals surface area contributed by atoms with Gasteiger partial charge in [0.1, 0.15) is 21.7 Å². The quantitative estimate of drug-likeness (QED) is 0.330. The minimum Gasteiger partial charge on any atom is -0.495 e. The number of aromatic nitrogens is 1. The van der Waals surface area contributed by atoms with Crippen LogP contribution >= 0.6 is 11.3 Å². The summed E-state index contributed by atoms with van der Waals surface area (Å²) >= 11 is 1.45. The molecular formula is C26H29N3O3S. The van der Waals surface area contributed by atoms with Gasteiger partial charge >= 0.3 is 0 Å². The largest absolute Gasteiger partial charge is 0.495 e. The summed E-state index contributed by atoms with van der Waals surface area (Å²) in [5.41, 5.74) is 1.35. The lowest BCUT2D eigenvalue weighted by atomic mass is 10.1. The van der Waals surface area contributed by atoms with Crippen LogP contribution in [0.5, 0.6) is 11.5 Å². The third-order valence-corrected chi connectivity index (χ3v) is 7.00. The van der Waals surface area contributed by atoms with E-state index in [9.17, 15) is 4.79 Å². The van der Waals surface area contributed by atoms with Crippen LogP contribution in [0.25, 0.3) is 21.0 Å². The lowest BCUT2D eigenvalue weighted by Gasteiger charge is -2.25. The minimum absolute atomic E-state index is 0.0649. The van der Waals surface area contributed by atoms with E-state index in [1.165, 1.54) is 11.3 Å². The molecule has 4 rings (SSSR count). The molecule has 6 nitrogen and oxygen atoms in total. The van der Waals surface area contributed by atoms with Crippen LogP contribution in [0.15, 0.2) is 54.6 Å². The monoisotopic (exact) mass is 463 g/mol. The molecule has 0 atom stereocenters. The molecule has 0 bridgehead atoms. The highest BCUT2D eigenvalue weighted by atomic mass is 32.1. The molecule has 1 heterocycles. The Balaban J connectivity index is 1.78. The number of hydrogen-bond acceptors (Lipinski definition) is 6. The van der Waals surface area contributed by atoms with Gasteiger partial charge in [-0.3, -0.25) is 9.69 Å². The number of benzene rings is 3. The second-order valence-electron chi connectivity index (χ2n) is 7.69. The van der Waals surface area contributed by atoms with E-state index < -0.39 is 0 Å². The average Bonchev–Trinajstić information content (AvgIpc) is 3.30. The van der Waals surface area contributed by atoms with E-state index in [0.717, 1.165) is 40.9 Å². The van der Waals surface area contributed by atoms with Crippen LogP contribution in [0.2, 0.25) is 0 Å². The third kappa shape index (κ3) is 4.65. The molecule has 0 aliphatic heterocycles. The van der Waals surface area contributed by atoms with Crippen LogP contribution in [-0.2, 0) is 0 Å². The molecule has 3 aromatic carbocycles. The second kappa shape index (κ2) is 10.2. The molecule has 1 amide bonds. The number of carbonyl (C=O) groups excluding carboxylic acids is 1. The molecule has 0 aliphatic carbocycles. The molecule has 0 radical (unpaired) electrons. The van der Waals surface area contributed by atoms with Crippen molar-refractivity contribution in [1.82, 2.24) is 9.88 Å². The SMILES string of the molecule is CCN(CC)CCN(C(=O)c1ccc2ccccc2c1)c1nc2c(OC)ccc(OC)c2s1. The lowest BCUT2D eigenvalue weighted by Crippen LogP contribution is -2.38. The Bertz CT molecular complexity index is 1230. The number of ether oxygens (including phenoxy) is 2. The van der Waals surface area contributed by atoms with Gasteiger partial charge in [0.25, 0.3) is 5.91 Å². The number of rotatable bonds is 9. The van der Waals surface area contributed by atoms with Crippen molar-refractivity contribution in [2.24, 2.45) is 0 Å². The number of fused-ring (bicyclic) bond motifs is 2. The summed E-state index contributed by atoms with van der Waals surface area (Å²) in [7, 11) is 3.26. The van der Waals surface area contributed by atoms with Crippen molar-refractivity contribution in [1.29, 1.82) is 0 Å². The molecule has 1 aromatic heterocycles. The van der Waals surface area contributed by atoms with Crippen molar-refractivity contribution < 1.29 is 14.3 Å². The third-order valence-electron chi connectivity index (χ3n) is 5.91. The van der Waals surface area contributed by atoms with Crippen molar-refractivity contribution in [3.8, 4) is 11.5 Å². The summed E-state index contributed by atoms with van der Waals surface area (Å²) in [4.78, 5) is 22.7. The Morgan fingerprint density at radius 1 is 0.909 bits per heavy atom. The Morgan fingerprint density at radius 2 is 1.61 bits per heavy atom. The smallest absolute Gasteiger partial charge is 0.260 e. The predicted molar refractivity (Wildman–Crippen MR) is 136 cm³/mol. The van der Waals surface area contributed by atoms with Gasteiger partial charge in [0.15, 0.2) is 5.13 Å². The van der Waals surface area contributed by atoms with Crippen LogP contribution < -0.4 is 14.4 Å². The highest BCUT2D eigenvalue weighted by Crippen LogP contribution is 2.40. The van der Waals surface area contributed by atoms with Crippen LogP contribution in [0, 0.1) is 0 Å². The zero-order valence-electron chi connectivity index (χ0n) is 19.5. The van der Waals surface area contributed by atoms with Gasteiger partial charge in [-0.1, -0.05) is 55.5 Å². The molecule has 0 N–H and O–H groups in total. The van der Waals surface area contributed by atoms with Gasteiger partial charge in [-0.15, -0.1) is 0 Å². The van der Waals surface area contributed by atoms with Crippen molar-refractivity contribution in [3.63, 3.8) is 0 Å². The first-order valence-electron chi connectivity index (χ1n) is 11.1. The number of amides is 1. The summed E-state index contributed by atoms with van der Waals surface area (Å²) in [6, 6.07) is 17.6. The Labute approximate surface area is 198 Å². The maximum atomic E-state index is 13.8. The number of anilines is 1. The number of likely N-dealkylation sites (N-methyl/N-ethyl adjacent to an activating group) is 1. The van der Waals surface area contributed by atoms with E-state index in [2.05, 4.69) is 18.7 Å². The van der Waals surface area contributed by atoms with Crippen LogP contribution in [0.4, 0.5) is 5.13 Å². The summed E-state index contributed by atoms with van der Waals surface area (Å²) < 4.78 is 11.9. The standard InChI is InChI=1S/C26H29N3O3S/c1-5-28(6-2)15-16-29(25(30)20-12-11-18-9-7-8-10-19(18)17-20)26-27-23-21(31-3)13-14-22(32-4)24(23)33-26/h7-14,17H,5-6,15-16H2,1-4H3. The van der Waals surface area contributed by atoms with Crippen LogP contribution in [0.3, 0.4) is 0 Å². The lowest BCUT2D eigenvalue weighted by molar-refractivity contribution is 0.0984. The molecule has 0 spiro atoms. The fourth-order valence-corrected chi connectivity index (χ4v) is 5.03. The fourth-order valence-electron chi connectivity index (χ4n) is 3.93. The van der Waals surface area contributed by atoms with Crippen molar-refractivity contribution in [2.75, 3.05) is 45.3 Å². The molecule has 4 aromatic rings. The summed E-state index contributed by atoms with van der Waals surface area (Å²) in [6.45, 7) is 7.42. The summed E-state index contributed by atoms with van der Waals surface area (Å²) in [6.07, 6.45) is 0. The number of nitrogens with zero attached hydrogens (tertiary/aromatic N) is 3. The van der Waals surface area contributed by atoms with Gasteiger partial charge in [-0.25, -0.2) is 4.98 Å². The summed E-state index contributed by atoms with van der Waals surface area (Å²) in [5, 5.41) is 2.79. The van der Waals surface area contributed by atoms with Gasteiger partial charge in [-0.05, 0) is 48.1 Å². The highest BCUT2D eigenvalue weighted by molar-refractivity contribution is 7.22. The second-order valence-corrected chi connectivity index (χ2v) is 8.67. The Kier molecular flexibility index (Phi) is 7.11. The van der Waals surface area contributed by atoms with Crippen molar-refractivity contribution >= 4 is 43.4 Å². The number of carbonyl (C=O) groups is 1. The van der Waals surface area contributed by atoms with Crippen molar-refractivity contribution in [3.05, 3.63) is 60.2 Å². The topological polar surface area (TPSA) is 54.9 Å². The normalized spacial score (nSPS) is 11.3. The van der Waals surface area contributed by atoms with Gasteiger partial charge < -0.3 is 14.4 Å². The Morgan fingerprint density at radius 3 is 2.30 bits per heavy atom. The number of methoxy groups -OCH3 is 2. The molecule has 0 aliphatic rings. The molecule has 0 saturated carbocycles. The first-order chi connectivity index (χ1) is 16.1. The molecule has 0 fully saturated rings. The Hall–Kier alpha value is -3.16. The van der Waals surface area contributed by atoms with Gasteiger partial charge in [0.05, 0.1) is 14.2 Å². The first kappa shape index (κ1) is 23.0. The van der Waals surface area contributed by atoms with E-state index in [0.29, 0.717) is 28.5 Å². The molecular weight excluding hydrogens is 434 g/mol. The molecule has 33 heavy (non-hydrogen) atoms. The minimum atomic E-state index is -0.0649. The molecule has 0 unspecified atom stereocenters. The highest BCUT2D eigenvalue weighted by Gasteiger charge is 2.24. The van der Waals surface area contributed by atoms with Gasteiger partial charge in [-0.2, -0.15) is 0 Å².